The molecule has 0 aromatic heterocycles. The summed E-state index contributed by atoms with van der Waals surface area (Å²) in [6.45, 7) is 11.1. The van der Waals surface area contributed by atoms with Crippen molar-refractivity contribution in [3.05, 3.63) is 54.1 Å². The van der Waals surface area contributed by atoms with Crippen molar-refractivity contribution in [1.29, 1.82) is 0 Å². The minimum atomic E-state index is -0.261. The van der Waals surface area contributed by atoms with Crippen LogP contribution in [0.2, 0.25) is 0 Å². The Balaban J connectivity index is 1.43. The fourth-order valence-electron chi connectivity index (χ4n) is 6.62. The number of hydrogen-bond donors (Lipinski definition) is 1. The maximum Gasteiger partial charge on any atom is 0.340 e. The fourth-order valence-corrected chi connectivity index (χ4v) is 6.62. The Morgan fingerprint density at radius 1 is 0.979 bits per heavy atom. The van der Waals surface area contributed by atoms with Crippen LogP contribution in [0.15, 0.2) is 48.5 Å². The minimum absolute atomic E-state index is 0.0730. The molecule has 1 heterocycles. The first kappa shape index (κ1) is 36.1. The lowest BCUT2D eigenvalue weighted by Crippen LogP contribution is -2.56. The van der Waals surface area contributed by atoms with Crippen LogP contribution < -0.4 is 20.1 Å². The molecule has 0 saturated heterocycles. The third-order valence-electron chi connectivity index (χ3n) is 9.32. The van der Waals surface area contributed by atoms with E-state index < -0.39 is 0 Å². The van der Waals surface area contributed by atoms with Crippen molar-refractivity contribution in [1.82, 2.24) is 15.2 Å². The highest BCUT2D eigenvalue weighted by atomic mass is 16.5. The molecule has 2 unspecified atom stereocenters. The lowest BCUT2D eigenvalue weighted by molar-refractivity contribution is -0.158. The summed E-state index contributed by atoms with van der Waals surface area (Å²) in [6, 6.07) is 15.1. The molecule has 1 aliphatic carbocycles. The molecule has 10 nitrogen and oxygen atoms in total. The van der Waals surface area contributed by atoms with Crippen molar-refractivity contribution in [2.45, 2.75) is 91.7 Å². The highest BCUT2D eigenvalue weighted by molar-refractivity contribution is 5.93. The van der Waals surface area contributed by atoms with Crippen molar-refractivity contribution < 1.29 is 23.9 Å². The third-order valence-corrected chi connectivity index (χ3v) is 9.32. The second-order valence-electron chi connectivity index (χ2n) is 13.2. The van der Waals surface area contributed by atoms with E-state index in [9.17, 15) is 14.4 Å². The molecule has 0 bridgehead atoms. The first-order chi connectivity index (χ1) is 22.7. The number of carbonyl (C=O) groups is 3. The molecule has 2 aromatic rings. The van der Waals surface area contributed by atoms with Gasteiger partial charge in [0.25, 0.3) is 0 Å². The second kappa shape index (κ2) is 17.9. The zero-order valence-electron chi connectivity index (χ0n) is 29.1. The van der Waals surface area contributed by atoms with Crippen molar-refractivity contribution in [3.63, 3.8) is 0 Å². The maximum atomic E-state index is 13.5. The van der Waals surface area contributed by atoms with Crippen molar-refractivity contribution >= 4 is 29.3 Å². The number of hydrogen-bond acceptors (Lipinski definition) is 7. The molecule has 1 saturated carbocycles. The molecule has 47 heavy (non-hydrogen) atoms. The van der Waals surface area contributed by atoms with E-state index in [1.165, 1.54) is 6.42 Å². The number of anilines is 2. The topological polar surface area (TPSA) is 94.7 Å². The lowest BCUT2D eigenvalue weighted by atomic mass is 9.80. The number of hydrazine groups is 1. The molecule has 2 aliphatic rings. The predicted molar refractivity (Wildman–Crippen MR) is 186 cm³/mol. The number of fused-ring (bicyclic) bond motifs is 1. The van der Waals surface area contributed by atoms with Gasteiger partial charge in [0.15, 0.2) is 0 Å². The highest BCUT2D eigenvalue weighted by Gasteiger charge is 2.33. The van der Waals surface area contributed by atoms with Gasteiger partial charge in [0, 0.05) is 38.8 Å². The smallest absolute Gasteiger partial charge is 0.340 e. The number of carbonyl (C=O) groups excluding carboxylic acids is 3. The van der Waals surface area contributed by atoms with Gasteiger partial charge in [-0.1, -0.05) is 58.2 Å². The summed E-state index contributed by atoms with van der Waals surface area (Å²) >= 11 is 0. The van der Waals surface area contributed by atoms with Crippen LogP contribution in [0.4, 0.5) is 16.2 Å². The average molecular weight is 650 g/mol. The molecular weight excluding hydrogens is 594 g/mol. The molecule has 258 valence electrons. The molecular formula is C37H55N5O5. The molecule has 0 radical (unpaired) electrons. The van der Waals surface area contributed by atoms with Gasteiger partial charge in [-0.05, 0) is 80.3 Å². The summed E-state index contributed by atoms with van der Waals surface area (Å²) in [6.07, 6.45) is 7.59. The number of nitrogens with one attached hydrogen (secondary N) is 1. The lowest BCUT2D eigenvalue weighted by Gasteiger charge is -2.39. The number of ether oxygens (including phenoxy) is 2. The van der Waals surface area contributed by atoms with Crippen LogP contribution in [0.3, 0.4) is 0 Å². The first-order valence-corrected chi connectivity index (χ1v) is 17.5. The standard InChI is InChI=1S/C37H55N5O5/c1-6-8-12-22-39(5)34(43)19-14-23-46-32-20-21-33-30(24-32)25-40(26-35(44)47-36-28(3)15-13-16-29(36)4)27-42(33)38-37(45)41(7-2)31-17-10-9-11-18-31/h9-11,17-18,20-21,24,28-29,36H,6-8,12-16,19,22-23,25-27H2,1-5H3,(H,38,45). The van der Waals surface area contributed by atoms with Gasteiger partial charge in [-0.15, -0.1) is 0 Å². The molecule has 0 spiro atoms. The monoisotopic (exact) mass is 649 g/mol. The van der Waals surface area contributed by atoms with E-state index in [0.29, 0.717) is 56.8 Å². The number of amides is 3. The van der Waals surface area contributed by atoms with Crippen LogP contribution in [0, 0.1) is 11.8 Å². The molecule has 1 N–H and O–H groups in total. The Morgan fingerprint density at radius 2 is 1.72 bits per heavy atom. The molecule has 1 fully saturated rings. The Labute approximate surface area is 281 Å². The third kappa shape index (κ3) is 10.3. The number of rotatable bonds is 15. The predicted octanol–water partition coefficient (Wildman–Crippen LogP) is 6.59. The average Bonchev–Trinajstić information content (AvgIpc) is 3.05. The molecule has 3 amide bonds. The first-order valence-electron chi connectivity index (χ1n) is 17.5. The molecule has 2 atom stereocenters. The van der Waals surface area contributed by atoms with Crippen molar-refractivity contribution in [3.8, 4) is 5.75 Å². The largest absolute Gasteiger partial charge is 0.494 e. The summed E-state index contributed by atoms with van der Waals surface area (Å²) in [5.74, 6) is 1.26. The Hall–Kier alpha value is -3.79. The van der Waals surface area contributed by atoms with Gasteiger partial charge in [-0.25, -0.2) is 10.2 Å². The van der Waals surface area contributed by atoms with E-state index in [-0.39, 0.29) is 30.6 Å². The van der Waals surface area contributed by atoms with Crippen LogP contribution >= 0.6 is 0 Å². The normalized spacial score (nSPS) is 19.4. The van der Waals surface area contributed by atoms with Gasteiger partial charge < -0.3 is 14.4 Å². The Morgan fingerprint density at radius 3 is 2.43 bits per heavy atom. The van der Waals surface area contributed by atoms with Gasteiger partial charge in [-0.2, -0.15) is 0 Å². The quantitative estimate of drug-likeness (QED) is 0.172. The van der Waals surface area contributed by atoms with E-state index >= 15 is 0 Å². The number of unbranched alkanes of at least 4 members (excludes halogenated alkanes) is 2. The van der Waals surface area contributed by atoms with E-state index in [0.717, 1.165) is 55.6 Å². The zero-order valence-corrected chi connectivity index (χ0v) is 29.1. The summed E-state index contributed by atoms with van der Waals surface area (Å²) in [5, 5.41) is 1.79. The fraction of sp³-hybridized carbons (Fsp3) is 0.595. The van der Waals surface area contributed by atoms with Gasteiger partial charge in [0.05, 0.1) is 25.5 Å². The number of esters is 1. The molecule has 4 rings (SSSR count). The number of urea groups is 1. The van der Waals surface area contributed by atoms with Crippen LogP contribution in [-0.2, 0) is 20.9 Å². The van der Waals surface area contributed by atoms with Gasteiger partial charge in [0.1, 0.15) is 11.9 Å². The number of para-hydroxylation sites is 1. The number of nitrogens with zero attached hydrogens (tertiary/aromatic N) is 4. The van der Waals surface area contributed by atoms with E-state index in [4.69, 9.17) is 9.47 Å². The molecule has 2 aromatic carbocycles. The van der Waals surface area contributed by atoms with Crippen molar-refractivity contribution in [2.24, 2.45) is 11.8 Å². The van der Waals surface area contributed by atoms with Gasteiger partial charge >= 0.3 is 12.0 Å². The molecule has 1 aliphatic heterocycles. The highest BCUT2D eigenvalue weighted by Crippen LogP contribution is 2.33. The second-order valence-corrected chi connectivity index (χ2v) is 13.2. The summed E-state index contributed by atoms with van der Waals surface area (Å²) in [4.78, 5) is 44.7. The van der Waals surface area contributed by atoms with E-state index in [2.05, 4.69) is 26.2 Å². The minimum Gasteiger partial charge on any atom is -0.494 e. The molecule has 10 heteroatoms. The Kier molecular flexibility index (Phi) is 13.8. The summed E-state index contributed by atoms with van der Waals surface area (Å²) < 4.78 is 12.1. The summed E-state index contributed by atoms with van der Waals surface area (Å²) in [7, 11) is 1.87. The van der Waals surface area contributed by atoms with Gasteiger partial charge in [-0.3, -0.25) is 24.4 Å². The van der Waals surface area contributed by atoms with Gasteiger partial charge in [0.2, 0.25) is 5.91 Å². The van der Waals surface area contributed by atoms with Crippen LogP contribution in [0.5, 0.6) is 5.75 Å². The van der Waals surface area contributed by atoms with Crippen molar-refractivity contribution in [2.75, 3.05) is 49.9 Å². The van der Waals surface area contributed by atoms with Crippen LogP contribution in [0.1, 0.15) is 84.6 Å². The van der Waals surface area contributed by atoms with E-state index in [1.54, 1.807) is 9.91 Å². The van der Waals surface area contributed by atoms with Crippen LogP contribution in [0.25, 0.3) is 0 Å². The Bertz CT molecular complexity index is 1300. The SMILES string of the molecule is CCCCCN(C)C(=O)CCCOc1ccc2c(c1)CN(CC(=O)OC1C(C)CCCC1C)CN2NC(=O)N(CC)c1ccccc1. The summed E-state index contributed by atoms with van der Waals surface area (Å²) in [5.41, 5.74) is 5.65. The zero-order chi connectivity index (χ0) is 33.8. The maximum absolute atomic E-state index is 13.5. The van der Waals surface area contributed by atoms with Crippen LogP contribution in [-0.4, -0.2) is 73.8 Å². The van der Waals surface area contributed by atoms with E-state index in [1.807, 2.05) is 72.3 Å². The number of benzene rings is 2.